The van der Waals surface area contributed by atoms with Crippen LogP contribution in [0.15, 0.2) is 0 Å². The van der Waals surface area contributed by atoms with Gasteiger partial charge in [-0.05, 0) is 32.2 Å². The molecule has 0 saturated carbocycles. The van der Waals surface area contributed by atoms with Gasteiger partial charge in [-0.1, -0.05) is 6.92 Å². The Bertz CT molecular complexity index is 211. The van der Waals surface area contributed by atoms with Crippen molar-refractivity contribution in [2.75, 3.05) is 26.2 Å². The molecule has 1 heterocycles. The summed E-state index contributed by atoms with van der Waals surface area (Å²) in [4.78, 5) is 13.6. The Morgan fingerprint density at radius 3 is 2.81 bits per heavy atom. The van der Waals surface area contributed by atoms with Gasteiger partial charge >= 0.3 is 0 Å². The maximum Gasteiger partial charge on any atom is 0.234 e. The minimum absolute atomic E-state index is 0. The highest BCUT2D eigenvalue weighted by Crippen LogP contribution is 2.17. The number of nitrogens with zero attached hydrogens (tertiary/aromatic N) is 1. The maximum atomic E-state index is 11.5. The minimum Gasteiger partial charge on any atom is -0.355 e. The minimum atomic E-state index is 0. The SMILES string of the molecule is CCCNC(=O)CN1CCC(C(C)N)C1.Cl. The molecule has 2 unspecified atom stereocenters. The van der Waals surface area contributed by atoms with Crippen molar-refractivity contribution in [3.8, 4) is 0 Å². The van der Waals surface area contributed by atoms with Crippen LogP contribution in [0.5, 0.6) is 0 Å². The topological polar surface area (TPSA) is 58.4 Å². The molecule has 0 aliphatic carbocycles. The number of amides is 1. The van der Waals surface area contributed by atoms with Crippen molar-refractivity contribution in [1.82, 2.24) is 10.2 Å². The fourth-order valence-corrected chi connectivity index (χ4v) is 1.96. The van der Waals surface area contributed by atoms with Crippen molar-refractivity contribution in [1.29, 1.82) is 0 Å². The molecular weight excluding hydrogens is 226 g/mol. The molecule has 0 aromatic heterocycles. The van der Waals surface area contributed by atoms with Crippen molar-refractivity contribution in [2.24, 2.45) is 11.7 Å². The van der Waals surface area contributed by atoms with Crippen LogP contribution in [-0.4, -0.2) is 43.0 Å². The van der Waals surface area contributed by atoms with E-state index in [0.717, 1.165) is 32.5 Å². The van der Waals surface area contributed by atoms with E-state index in [1.807, 2.05) is 6.92 Å². The van der Waals surface area contributed by atoms with Crippen molar-refractivity contribution in [3.05, 3.63) is 0 Å². The molecule has 0 radical (unpaired) electrons. The summed E-state index contributed by atoms with van der Waals surface area (Å²) in [6, 6.07) is 0.244. The third-order valence-corrected chi connectivity index (χ3v) is 2.99. The molecule has 1 saturated heterocycles. The summed E-state index contributed by atoms with van der Waals surface area (Å²) in [6.07, 6.45) is 2.12. The zero-order valence-corrected chi connectivity index (χ0v) is 11.1. The van der Waals surface area contributed by atoms with Crippen molar-refractivity contribution in [3.63, 3.8) is 0 Å². The summed E-state index contributed by atoms with van der Waals surface area (Å²) in [6.45, 7) is 7.39. The molecule has 0 aromatic rings. The highest BCUT2D eigenvalue weighted by Gasteiger charge is 2.25. The molecule has 96 valence electrons. The Morgan fingerprint density at radius 2 is 2.31 bits per heavy atom. The number of halogens is 1. The van der Waals surface area contributed by atoms with Gasteiger partial charge < -0.3 is 11.1 Å². The van der Waals surface area contributed by atoms with Crippen LogP contribution in [-0.2, 0) is 4.79 Å². The third kappa shape index (κ3) is 5.14. The van der Waals surface area contributed by atoms with Gasteiger partial charge in [-0.25, -0.2) is 0 Å². The van der Waals surface area contributed by atoms with Gasteiger partial charge in [0, 0.05) is 19.1 Å². The second-order valence-corrected chi connectivity index (χ2v) is 4.49. The van der Waals surface area contributed by atoms with E-state index in [1.165, 1.54) is 0 Å². The average molecular weight is 250 g/mol. The van der Waals surface area contributed by atoms with E-state index in [0.29, 0.717) is 12.5 Å². The zero-order valence-electron chi connectivity index (χ0n) is 10.2. The molecule has 1 amide bonds. The number of hydrogen-bond donors (Lipinski definition) is 2. The van der Waals surface area contributed by atoms with E-state index in [9.17, 15) is 4.79 Å². The molecule has 0 spiro atoms. The lowest BCUT2D eigenvalue weighted by Gasteiger charge is -2.17. The van der Waals surface area contributed by atoms with Crippen LogP contribution in [0.25, 0.3) is 0 Å². The summed E-state index contributed by atoms with van der Waals surface area (Å²) >= 11 is 0. The second kappa shape index (κ2) is 7.87. The monoisotopic (exact) mass is 249 g/mol. The third-order valence-electron chi connectivity index (χ3n) is 2.99. The standard InChI is InChI=1S/C11H23N3O.ClH/c1-3-5-13-11(15)8-14-6-4-10(7-14)9(2)12;/h9-10H,3-8,12H2,1-2H3,(H,13,15);1H. The summed E-state index contributed by atoms with van der Waals surface area (Å²) in [5.74, 6) is 0.700. The van der Waals surface area contributed by atoms with Gasteiger partial charge in [0.15, 0.2) is 0 Å². The first-order valence-corrected chi connectivity index (χ1v) is 5.88. The molecule has 1 aliphatic rings. The van der Waals surface area contributed by atoms with Crippen molar-refractivity contribution < 1.29 is 4.79 Å². The Balaban J connectivity index is 0.00000225. The summed E-state index contributed by atoms with van der Waals surface area (Å²) in [5.41, 5.74) is 5.84. The molecule has 3 N–H and O–H groups in total. The molecular formula is C11H24ClN3O. The maximum absolute atomic E-state index is 11.5. The quantitative estimate of drug-likeness (QED) is 0.751. The number of rotatable bonds is 5. The van der Waals surface area contributed by atoms with Crippen LogP contribution in [0.1, 0.15) is 26.7 Å². The predicted octanol–water partition coefficient (Wildman–Crippen LogP) is 0.604. The molecule has 1 aliphatic heterocycles. The number of hydrogen-bond acceptors (Lipinski definition) is 3. The van der Waals surface area contributed by atoms with E-state index in [2.05, 4.69) is 17.1 Å². The Morgan fingerprint density at radius 1 is 1.62 bits per heavy atom. The Hall–Kier alpha value is -0.320. The van der Waals surface area contributed by atoms with Gasteiger partial charge in [-0.3, -0.25) is 9.69 Å². The largest absolute Gasteiger partial charge is 0.355 e. The highest BCUT2D eigenvalue weighted by atomic mass is 35.5. The Labute approximate surface area is 104 Å². The Kier molecular flexibility index (Phi) is 7.72. The van der Waals surface area contributed by atoms with Crippen molar-refractivity contribution in [2.45, 2.75) is 32.7 Å². The van der Waals surface area contributed by atoms with Crippen LogP contribution in [0.4, 0.5) is 0 Å². The highest BCUT2D eigenvalue weighted by molar-refractivity contribution is 5.85. The molecule has 16 heavy (non-hydrogen) atoms. The van der Waals surface area contributed by atoms with E-state index in [1.54, 1.807) is 0 Å². The summed E-state index contributed by atoms with van der Waals surface area (Å²) in [7, 11) is 0. The molecule has 4 nitrogen and oxygen atoms in total. The number of nitrogens with two attached hydrogens (primary N) is 1. The van der Waals surface area contributed by atoms with Crippen molar-refractivity contribution >= 4 is 18.3 Å². The summed E-state index contributed by atoms with van der Waals surface area (Å²) in [5, 5.41) is 2.89. The van der Waals surface area contributed by atoms with E-state index < -0.39 is 0 Å². The van der Waals surface area contributed by atoms with Gasteiger partial charge in [0.25, 0.3) is 0 Å². The molecule has 2 atom stereocenters. The van der Waals surface area contributed by atoms with Crippen LogP contribution in [0, 0.1) is 5.92 Å². The zero-order chi connectivity index (χ0) is 11.3. The van der Waals surface area contributed by atoms with Gasteiger partial charge in [0.05, 0.1) is 6.54 Å². The van der Waals surface area contributed by atoms with Crippen LogP contribution < -0.4 is 11.1 Å². The summed E-state index contributed by atoms with van der Waals surface area (Å²) < 4.78 is 0. The van der Waals surface area contributed by atoms with E-state index >= 15 is 0 Å². The van der Waals surface area contributed by atoms with Gasteiger partial charge in [0.1, 0.15) is 0 Å². The van der Waals surface area contributed by atoms with Gasteiger partial charge in [-0.15, -0.1) is 12.4 Å². The first kappa shape index (κ1) is 15.7. The average Bonchev–Trinajstić information content (AvgIpc) is 2.63. The van der Waals surface area contributed by atoms with Crippen LogP contribution in [0.3, 0.4) is 0 Å². The lowest BCUT2D eigenvalue weighted by molar-refractivity contribution is -0.122. The molecule has 0 bridgehead atoms. The fourth-order valence-electron chi connectivity index (χ4n) is 1.96. The van der Waals surface area contributed by atoms with Gasteiger partial charge in [0.2, 0.25) is 5.91 Å². The molecule has 0 aromatic carbocycles. The van der Waals surface area contributed by atoms with Gasteiger partial charge in [-0.2, -0.15) is 0 Å². The fraction of sp³-hybridized carbons (Fsp3) is 0.909. The number of carbonyl (C=O) groups is 1. The number of carbonyl (C=O) groups excluding carboxylic acids is 1. The first-order valence-electron chi connectivity index (χ1n) is 5.88. The number of nitrogens with one attached hydrogen (secondary N) is 1. The molecule has 1 rings (SSSR count). The lowest BCUT2D eigenvalue weighted by Crippen LogP contribution is -2.37. The normalized spacial score (nSPS) is 22.6. The van der Waals surface area contributed by atoms with E-state index in [4.69, 9.17) is 5.73 Å². The van der Waals surface area contributed by atoms with Crippen LogP contribution >= 0.6 is 12.4 Å². The smallest absolute Gasteiger partial charge is 0.234 e. The molecule has 5 heteroatoms. The molecule has 1 fully saturated rings. The van der Waals surface area contributed by atoms with E-state index in [-0.39, 0.29) is 24.4 Å². The lowest BCUT2D eigenvalue weighted by atomic mass is 10.0. The van der Waals surface area contributed by atoms with Crippen LogP contribution in [0.2, 0.25) is 0 Å². The first-order chi connectivity index (χ1) is 7.13. The number of likely N-dealkylation sites (tertiary alicyclic amines) is 1. The second-order valence-electron chi connectivity index (χ2n) is 4.49. The predicted molar refractivity (Wildman–Crippen MR) is 68.7 cm³/mol.